The molecule has 1 unspecified atom stereocenters. The van der Waals surface area contributed by atoms with Gasteiger partial charge in [0.25, 0.3) is 0 Å². The van der Waals surface area contributed by atoms with Crippen LogP contribution in [0.15, 0.2) is 0 Å². The molecule has 0 aromatic heterocycles. The lowest BCUT2D eigenvalue weighted by Gasteiger charge is -2.15. The first-order valence-corrected chi connectivity index (χ1v) is 9.80. The molecule has 142 valence electrons. The molecule has 0 fully saturated rings. The molecule has 0 saturated heterocycles. The first-order valence-electron chi connectivity index (χ1n) is 9.80. The van der Waals surface area contributed by atoms with Crippen molar-refractivity contribution in [3.05, 3.63) is 0 Å². The van der Waals surface area contributed by atoms with Gasteiger partial charge in [0, 0.05) is 0 Å². The maximum Gasteiger partial charge on any atom is 0.306 e. The summed E-state index contributed by atoms with van der Waals surface area (Å²) in [4.78, 5) is 23.2. The van der Waals surface area contributed by atoms with Crippen LogP contribution in [0, 0.1) is 5.92 Å². The Morgan fingerprint density at radius 3 is 1.92 bits per heavy atom. The molecular weight excluding hydrogens is 304 g/mol. The van der Waals surface area contributed by atoms with E-state index in [0.29, 0.717) is 12.5 Å². The van der Waals surface area contributed by atoms with E-state index >= 15 is 0 Å². The molecule has 0 aliphatic rings. The second-order valence-corrected chi connectivity index (χ2v) is 7.13. The molecule has 0 spiro atoms. The molecule has 4 heteroatoms. The standard InChI is InChI=1S/C20H38O4/c1-5-6-7-8-9-10-11-12-15-23-19(21)13-14-20(22)24-18(4)16-17(2)3/h17-18H,5-16H2,1-4H3. The summed E-state index contributed by atoms with van der Waals surface area (Å²) in [5, 5.41) is 0. The Hall–Kier alpha value is -1.06. The lowest BCUT2D eigenvalue weighted by atomic mass is 10.1. The van der Waals surface area contributed by atoms with Crippen LogP contribution in [0.3, 0.4) is 0 Å². The number of hydrogen-bond donors (Lipinski definition) is 0. The second kappa shape index (κ2) is 15.5. The van der Waals surface area contributed by atoms with Crippen molar-refractivity contribution < 1.29 is 19.1 Å². The van der Waals surface area contributed by atoms with Crippen molar-refractivity contribution in [3.63, 3.8) is 0 Å². The fourth-order valence-electron chi connectivity index (χ4n) is 2.69. The predicted molar refractivity (Wildman–Crippen MR) is 97.8 cm³/mol. The van der Waals surface area contributed by atoms with Gasteiger partial charge in [0.05, 0.1) is 25.6 Å². The monoisotopic (exact) mass is 342 g/mol. The highest BCUT2D eigenvalue weighted by atomic mass is 16.5. The van der Waals surface area contributed by atoms with Gasteiger partial charge in [-0.2, -0.15) is 0 Å². The average molecular weight is 343 g/mol. The highest BCUT2D eigenvalue weighted by Crippen LogP contribution is 2.10. The Balaban J connectivity index is 3.48. The summed E-state index contributed by atoms with van der Waals surface area (Å²) in [7, 11) is 0. The normalized spacial score (nSPS) is 12.2. The van der Waals surface area contributed by atoms with Gasteiger partial charge in [0.1, 0.15) is 0 Å². The number of rotatable bonds is 15. The zero-order valence-corrected chi connectivity index (χ0v) is 16.3. The van der Waals surface area contributed by atoms with Gasteiger partial charge in [-0.25, -0.2) is 0 Å². The van der Waals surface area contributed by atoms with Crippen molar-refractivity contribution in [2.45, 2.75) is 104 Å². The molecule has 0 aromatic rings. The Morgan fingerprint density at radius 2 is 1.33 bits per heavy atom. The molecule has 0 aromatic carbocycles. The summed E-state index contributed by atoms with van der Waals surface area (Å²) in [5.74, 6) is -0.122. The third kappa shape index (κ3) is 15.8. The van der Waals surface area contributed by atoms with Gasteiger partial charge in [-0.1, -0.05) is 65.7 Å². The Kier molecular flexibility index (Phi) is 14.8. The van der Waals surface area contributed by atoms with Gasteiger partial charge in [0.2, 0.25) is 0 Å². The maximum atomic E-state index is 11.6. The minimum absolute atomic E-state index is 0.0918. The SMILES string of the molecule is CCCCCCCCCCOC(=O)CCC(=O)OC(C)CC(C)C. The third-order valence-corrected chi connectivity index (χ3v) is 3.93. The van der Waals surface area contributed by atoms with Gasteiger partial charge in [-0.05, 0) is 25.7 Å². The number of carbonyl (C=O) groups excluding carboxylic acids is 2. The number of carbonyl (C=O) groups is 2. The summed E-state index contributed by atoms with van der Waals surface area (Å²) < 4.78 is 10.4. The van der Waals surface area contributed by atoms with Crippen LogP contribution in [0.1, 0.15) is 98.3 Å². The van der Waals surface area contributed by atoms with Gasteiger partial charge >= 0.3 is 11.9 Å². The number of hydrogen-bond acceptors (Lipinski definition) is 4. The number of unbranched alkanes of at least 4 members (excludes halogenated alkanes) is 7. The Morgan fingerprint density at radius 1 is 0.792 bits per heavy atom. The quantitative estimate of drug-likeness (QED) is 0.294. The van der Waals surface area contributed by atoms with Gasteiger partial charge in [-0.3, -0.25) is 9.59 Å². The average Bonchev–Trinajstić information content (AvgIpc) is 2.50. The lowest BCUT2D eigenvalue weighted by Crippen LogP contribution is -2.18. The van der Waals surface area contributed by atoms with E-state index in [-0.39, 0.29) is 30.9 Å². The van der Waals surface area contributed by atoms with Crippen LogP contribution in [0.2, 0.25) is 0 Å². The minimum atomic E-state index is -0.313. The molecule has 0 radical (unpaired) electrons. The molecule has 0 saturated carbocycles. The third-order valence-electron chi connectivity index (χ3n) is 3.93. The van der Waals surface area contributed by atoms with E-state index < -0.39 is 0 Å². The molecular formula is C20H38O4. The maximum absolute atomic E-state index is 11.6. The van der Waals surface area contributed by atoms with E-state index in [1.165, 1.54) is 38.5 Å². The smallest absolute Gasteiger partial charge is 0.306 e. The molecule has 0 bridgehead atoms. The van der Waals surface area contributed by atoms with Crippen LogP contribution < -0.4 is 0 Å². The minimum Gasteiger partial charge on any atom is -0.466 e. The van der Waals surface area contributed by atoms with E-state index in [1.807, 2.05) is 6.92 Å². The van der Waals surface area contributed by atoms with Crippen LogP contribution in [-0.4, -0.2) is 24.6 Å². The zero-order chi connectivity index (χ0) is 18.2. The van der Waals surface area contributed by atoms with E-state index in [2.05, 4.69) is 20.8 Å². The highest BCUT2D eigenvalue weighted by Gasteiger charge is 2.13. The van der Waals surface area contributed by atoms with Crippen molar-refractivity contribution in [2.75, 3.05) is 6.61 Å². The molecule has 24 heavy (non-hydrogen) atoms. The lowest BCUT2D eigenvalue weighted by molar-refractivity contribution is -0.153. The van der Waals surface area contributed by atoms with Crippen LogP contribution in [0.25, 0.3) is 0 Å². The fraction of sp³-hybridized carbons (Fsp3) is 0.900. The molecule has 0 N–H and O–H groups in total. The van der Waals surface area contributed by atoms with Crippen molar-refractivity contribution in [1.82, 2.24) is 0 Å². The van der Waals surface area contributed by atoms with Crippen molar-refractivity contribution in [2.24, 2.45) is 5.92 Å². The fourth-order valence-corrected chi connectivity index (χ4v) is 2.69. The van der Waals surface area contributed by atoms with Crippen LogP contribution >= 0.6 is 0 Å². The molecule has 1 atom stereocenters. The van der Waals surface area contributed by atoms with Gasteiger partial charge in [-0.15, -0.1) is 0 Å². The summed E-state index contributed by atoms with van der Waals surface area (Å²) >= 11 is 0. The zero-order valence-electron chi connectivity index (χ0n) is 16.3. The first-order chi connectivity index (χ1) is 11.5. The van der Waals surface area contributed by atoms with Crippen molar-refractivity contribution in [3.8, 4) is 0 Å². The van der Waals surface area contributed by atoms with Crippen LogP contribution in [0.5, 0.6) is 0 Å². The van der Waals surface area contributed by atoms with Gasteiger partial charge in [0.15, 0.2) is 0 Å². The molecule has 0 aliphatic carbocycles. The first kappa shape index (κ1) is 22.9. The molecule has 0 aliphatic heterocycles. The van der Waals surface area contributed by atoms with Gasteiger partial charge < -0.3 is 9.47 Å². The van der Waals surface area contributed by atoms with E-state index in [1.54, 1.807) is 0 Å². The highest BCUT2D eigenvalue weighted by molar-refractivity contribution is 5.77. The van der Waals surface area contributed by atoms with Crippen LogP contribution in [-0.2, 0) is 19.1 Å². The Labute approximate surface area is 148 Å². The van der Waals surface area contributed by atoms with Crippen molar-refractivity contribution >= 4 is 11.9 Å². The predicted octanol–water partition coefficient (Wildman–Crippen LogP) is 5.43. The topological polar surface area (TPSA) is 52.6 Å². The summed E-state index contributed by atoms with van der Waals surface area (Å²) in [6.45, 7) is 8.76. The molecule has 0 rings (SSSR count). The van der Waals surface area contributed by atoms with E-state index in [9.17, 15) is 9.59 Å². The molecule has 4 nitrogen and oxygen atoms in total. The summed E-state index contributed by atoms with van der Waals surface area (Å²) in [6.07, 6.45) is 10.7. The largest absolute Gasteiger partial charge is 0.466 e. The van der Waals surface area contributed by atoms with Crippen molar-refractivity contribution in [1.29, 1.82) is 0 Å². The number of ether oxygens (including phenoxy) is 2. The second-order valence-electron chi connectivity index (χ2n) is 7.13. The molecule has 0 amide bonds. The van der Waals surface area contributed by atoms with E-state index in [0.717, 1.165) is 19.3 Å². The van der Waals surface area contributed by atoms with E-state index in [4.69, 9.17) is 9.47 Å². The van der Waals surface area contributed by atoms with Crippen LogP contribution in [0.4, 0.5) is 0 Å². The summed E-state index contributed by atoms with van der Waals surface area (Å²) in [5.41, 5.74) is 0. The number of esters is 2. The Bertz CT molecular complexity index is 326. The molecule has 0 heterocycles. The summed E-state index contributed by atoms with van der Waals surface area (Å²) in [6, 6.07) is 0.